The van der Waals surface area contributed by atoms with Gasteiger partial charge in [0.1, 0.15) is 0 Å². The molecule has 3 rings (SSSR count). The minimum Gasteiger partial charge on any atom is -0.393 e. The smallest absolute Gasteiger partial charge is 0.0583 e. The second-order valence-electron chi connectivity index (χ2n) is 10.8. The first-order valence-electron chi connectivity index (χ1n) is 12.2. The quantitative estimate of drug-likeness (QED) is 0.454. The molecule has 29 heavy (non-hydrogen) atoms. The van der Waals surface area contributed by atoms with E-state index in [4.69, 9.17) is 0 Å². The van der Waals surface area contributed by atoms with Gasteiger partial charge >= 0.3 is 0 Å². The molecule has 1 heteroatoms. The lowest BCUT2D eigenvalue weighted by atomic mass is 9.65. The van der Waals surface area contributed by atoms with Crippen LogP contribution in [0.1, 0.15) is 92.9 Å². The van der Waals surface area contributed by atoms with Crippen molar-refractivity contribution in [3.05, 3.63) is 46.6 Å². The van der Waals surface area contributed by atoms with Crippen molar-refractivity contribution in [3.63, 3.8) is 0 Å². The highest BCUT2D eigenvalue weighted by Gasteiger charge is 2.46. The van der Waals surface area contributed by atoms with Crippen LogP contribution in [0, 0.1) is 29.1 Å². The van der Waals surface area contributed by atoms with Crippen LogP contribution in [-0.4, -0.2) is 11.2 Å². The minimum atomic E-state index is -0.149. The molecule has 0 aromatic carbocycles. The Balaban J connectivity index is 1.79. The molecule has 0 saturated heterocycles. The molecule has 0 amide bonds. The van der Waals surface area contributed by atoms with Crippen molar-refractivity contribution < 1.29 is 5.11 Å². The summed E-state index contributed by atoms with van der Waals surface area (Å²) in [5.41, 5.74) is 6.57. The molecular formula is C28H44O. The molecule has 0 aromatic heterocycles. The summed E-state index contributed by atoms with van der Waals surface area (Å²) in [7, 11) is 0. The van der Waals surface area contributed by atoms with E-state index in [2.05, 4.69) is 65.8 Å². The van der Waals surface area contributed by atoms with Gasteiger partial charge in [0.2, 0.25) is 0 Å². The van der Waals surface area contributed by atoms with Gasteiger partial charge in [0, 0.05) is 0 Å². The summed E-state index contributed by atoms with van der Waals surface area (Å²) >= 11 is 0. The van der Waals surface area contributed by atoms with Crippen LogP contribution in [0.15, 0.2) is 46.6 Å². The summed E-state index contributed by atoms with van der Waals surface area (Å²) in [4.78, 5) is 0. The number of fused-ring (bicyclic) bond motifs is 1. The van der Waals surface area contributed by atoms with Gasteiger partial charge in [-0.05, 0) is 98.5 Å². The maximum Gasteiger partial charge on any atom is 0.0583 e. The summed E-state index contributed by atoms with van der Waals surface area (Å²) in [5.74, 6) is 2.80. The van der Waals surface area contributed by atoms with Crippen LogP contribution >= 0.6 is 0 Å². The van der Waals surface area contributed by atoms with Gasteiger partial charge in [-0.2, -0.15) is 0 Å². The fourth-order valence-corrected chi connectivity index (χ4v) is 6.01. The molecule has 1 fully saturated rings. The molecule has 1 N–H and O–H groups in total. The van der Waals surface area contributed by atoms with Crippen molar-refractivity contribution in [2.45, 2.75) is 99.0 Å². The fraction of sp³-hybridized carbons (Fsp3) is 0.714. The molecule has 1 saturated carbocycles. The lowest BCUT2D eigenvalue weighted by Crippen LogP contribution is -2.30. The number of aliphatic hydroxyl groups is 1. The number of allylic oxidation sites excluding steroid dienone is 7. The highest BCUT2D eigenvalue weighted by molar-refractivity contribution is 5.40. The maximum absolute atomic E-state index is 10.1. The van der Waals surface area contributed by atoms with Gasteiger partial charge in [-0.3, -0.25) is 0 Å². The van der Waals surface area contributed by atoms with E-state index in [0.29, 0.717) is 17.3 Å². The maximum atomic E-state index is 10.1. The van der Waals surface area contributed by atoms with Gasteiger partial charge in [-0.15, -0.1) is 0 Å². The number of hydrogen-bond acceptors (Lipinski definition) is 1. The molecule has 0 unspecified atom stereocenters. The van der Waals surface area contributed by atoms with Crippen LogP contribution in [0.25, 0.3) is 0 Å². The Bertz CT molecular complexity index is 704. The zero-order valence-corrected chi connectivity index (χ0v) is 19.8. The zero-order chi connectivity index (χ0) is 21.2. The lowest BCUT2D eigenvalue weighted by molar-refractivity contribution is 0.159. The van der Waals surface area contributed by atoms with E-state index in [1.54, 1.807) is 11.1 Å². The van der Waals surface area contributed by atoms with Crippen molar-refractivity contribution in [1.29, 1.82) is 0 Å². The van der Waals surface area contributed by atoms with Crippen LogP contribution in [0.3, 0.4) is 0 Å². The zero-order valence-electron chi connectivity index (χ0n) is 19.8. The lowest BCUT2D eigenvalue weighted by Gasteiger charge is -2.40. The Labute approximate surface area is 180 Å². The van der Waals surface area contributed by atoms with Crippen molar-refractivity contribution >= 4 is 0 Å². The topological polar surface area (TPSA) is 20.2 Å². The Morgan fingerprint density at radius 2 is 1.69 bits per heavy atom. The van der Waals surface area contributed by atoms with Crippen molar-refractivity contribution in [2.75, 3.05) is 0 Å². The summed E-state index contributed by atoms with van der Waals surface area (Å²) in [6.45, 7) is 14.2. The third kappa shape index (κ3) is 4.98. The van der Waals surface area contributed by atoms with Gasteiger partial charge in [0.05, 0.1) is 6.10 Å². The first kappa shape index (κ1) is 22.6. The monoisotopic (exact) mass is 396 g/mol. The first-order chi connectivity index (χ1) is 13.7. The van der Waals surface area contributed by atoms with E-state index < -0.39 is 0 Å². The Morgan fingerprint density at radius 3 is 2.41 bits per heavy atom. The van der Waals surface area contributed by atoms with Gasteiger partial charge in [-0.1, -0.05) is 70.1 Å². The summed E-state index contributed by atoms with van der Waals surface area (Å²) in [6.07, 6.45) is 18.9. The van der Waals surface area contributed by atoms with Crippen molar-refractivity contribution in [3.8, 4) is 0 Å². The molecule has 3 aliphatic rings. The molecule has 0 aliphatic heterocycles. The van der Waals surface area contributed by atoms with Crippen molar-refractivity contribution in [2.24, 2.45) is 29.1 Å². The highest BCUT2D eigenvalue weighted by Crippen LogP contribution is 2.57. The number of hydrogen-bond donors (Lipinski definition) is 1. The molecule has 0 bridgehead atoms. The van der Waals surface area contributed by atoms with Gasteiger partial charge < -0.3 is 5.11 Å². The third-order valence-corrected chi connectivity index (χ3v) is 8.49. The molecule has 0 spiro atoms. The first-order valence-corrected chi connectivity index (χ1v) is 12.2. The van der Waals surface area contributed by atoms with E-state index in [-0.39, 0.29) is 6.10 Å². The predicted molar refractivity (Wildman–Crippen MR) is 126 cm³/mol. The van der Waals surface area contributed by atoms with Crippen LogP contribution in [0.4, 0.5) is 0 Å². The van der Waals surface area contributed by atoms with Gasteiger partial charge in [0.25, 0.3) is 0 Å². The summed E-state index contributed by atoms with van der Waals surface area (Å²) in [5, 5.41) is 10.1. The second kappa shape index (κ2) is 9.38. The molecule has 5 atom stereocenters. The third-order valence-electron chi connectivity index (χ3n) is 8.49. The van der Waals surface area contributed by atoms with E-state index in [9.17, 15) is 5.11 Å². The average molecular weight is 397 g/mol. The van der Waals surface area contributed by atoms with E-state index in [1.807, 2.05) is 0 Å². The Kier molecular flexibility index (Phi) is 7.31. The predicted octanol–water partition coefficient (Wildman–Crippen LogP) is 7.79. The van der Waals surface area contributed by atoms with Gasteiger partial charge in [0.15, 0.2) is 0 Å². The van der Waals surface area contributed by atoms with Crippen LogP contribution in [-0.2, 0) is 0 Å². The summed E-state index contributed by atoms with van der Waals surface area (Å²) < 4.78 is 0. The number of rotatable bonds is 6. The van der Waals surface area contributed by atoms with E-state index >= 15 is 0 Å². The molecule has 0 radical (unpaired) electrons. The SMILES string of the molecule is CC1=C(/C=C/C2=C3CC[C@H]([C@H](C)/C=C/[C@H](C)C(C)C)[C@@]3(C)CCC2)C[C@H](O)CC1. The number of aliphatic hydroxyl groups excluding tert-OH is 1. The summed E-state index contributed by atoms with van der Waals surface area (Å²) in [6, 6.07) is 0. The van der Waals surface area contributed by atoms with E-state index in [1.165, 1.54) is 43.3 Å². The normalized spacial score (nSPS) is 33.2. The Hall–Kier alpha value is -1.08. The van der Waals surface area contributed by atoms with Gasteiger partial charge in [-0.25, -0.2) is 0 Å². The molecular weight excluding hydrogens is 352 g/mol. The molecule has 1 nitrogen and oxygen atoms in total. The molecule has 3 aliphatic carbocycles. The van der Waals surface area contributed by atoms with Crippen molar-refractivity contribution in [1.82, 2.24) is 0 Å². The minimum absolute atomic E-state index is 0.149. The van der Waals surface area contributed by atoms with Crippen LogP contribution in [0.2, 0.25) is 0 Å². The highest BCUT2D eigenvalue weighted by atomic mass is 16.3. The second-order valence-corrected chi connectivity index (χ2v) is 10.8. The largest absolute Gasteiger partial charge is 0.393 e. The average Bonchev–Trinajstić information content (AvgIpc) is 3.04. The molecule has 0 aromatic rings. The van der Waals surface area contributed by atoms with Crippen LogP contribution < -0.4 is 0 Å². The molecule has 0 heterocycles. The standard InChI is InChI=1S/C28H44O/c1-19(2)20(3)9-10-22(5)26-15-16-27-23(8-7-17-28(26,27)6)12-13-24-18-25(29)14-11-21(24)4/h9-10,12-13,19-20,22,25-26,29H,7-8,11,14-18H2,1-6H3/b10-9+,13-12+/t20-,22+,25+,26+,28+/m0/s1. The fourth-order valence-electron chi connectivity index (χ4n) is 6.01. The van der Waals surface area contributed by atoms with Crippen LogP contribution in [0.5, 0.6) is 0 Å². The Morgan fingerprint density at radius 1 is 0.966 bits per heavy atom. The molecule has 162 valence electrons. The van der Waals surface area contributed by atoms with E-state index in [0.717, 1.165) is 31.1 Å².